The molecule has 1 aliphatic rings. The van der Waals surface area contributed by atoms with Gasteiger partial charge in [0.2, 0.25) is 0 Å². The van der Waals surface area contributed by atoms with Crippen LogP contribution in [0.3, 0.4) is 0 Å². The number of benzene rings is 3. The topological polar surface area (TPSA) is 78.9 Å². The first-order valence-corrected chi connectivity index (χ1v) is 12.3. The van der Waals surface area contributed by atoms with Gasteiger partial charge in [-0.15, -0.1) is 0 Å². The number of ether oxygens (including phenoxy) is 1. The highest BCUT2D eigenvalue weighted by atomic mass is 19.4. The number of aliphatic imine (C=N–C) groups is 1. The molecule has 0 fully saturated rings. The zero-order chi connectivity index (χ0) is 27.6. The summed E-state index contributed by atoms with van der Waals surface area (Å²) in [6, 6.07) is 18.0. The molecule has 4 aromatic rings. The predicted octanol–water partition coefficient (Wildman–Crippen LogP) is 5.71. The number of hydrogen-bond donors (Lipinski definition) is 2. The van der Waals surface area contributed by atoms with E-state index in [-0.39, 0.29) is 17.8 Å². The Balaban J connectivity index is 1.36. The number of carbonyl (C=O) groups is 1. The summed E-state index contributed by atoms with van der Waals surface area (Å²) in [6.45, 7) is 1.60. The number of pyridine rings is 1. The molecule has 39 heavy (non-hydrogen) atoms. The van der Waals surface area contributed by atoms with Crippen LogP contribution in [0.25, 0.3) is 10.8 Å². The second-order valence-electron chi connectivity index (χ2n) is 9.42. The van der Waals surface area contributed by atoms with Crippen molar-refractivity contribution >= 4 is 28.2 Å². The maximum Gasteiger partial charge on any atom is 0.416 e. The zero-order valence-electron chi connectivity index (χ0n) is 21.3. The van der Waals surface area contributed by atoms with E-state index in [2.05, 4.69) is 20.6 Å². The predicted molar refractivity (Wildman–Crippen MR) is 144 cm³/mol. The van der Waals surface area contributed by atoms with Gasteiger partial charge in [-0.25, -0.2) is 0 Å². The smallest absolute Gasteiger partial charge is 0.416 e. The number of alkyl halides is 3. The summed E-state index contributed by atoms with van der Waals surface area (Å²) >= 11 is 0. The van der Waals surface area contributed by atoms with Crippen LogP contribution >= 0.6 is 0 Å². The van der Waals surface area contributed by atoms with Crippen molar-refractivity contribution in [2.75, 3.05) is 32.5 Å². The molecule has 5 rings (SSSR count). The molecule has 3 aromatic carbocycles. The SMILES string of the molecule is CN(C)Cc1ccc(NC(=O)c2ccc3ccc(Oc4ccnc(C5=NCCN5)c4)cc3c2)cc1C(F)(F)F. The van der Waals surface area contributed by atoms with Crippen molar-refractivity contribution in [2.24, 2.45) is 4.99 Å². The van der Waals surface area contributed by atoms with Gasteiger partial charge in [-0.3, -0.25) is 14.8 Å². The van der Waals surface area contributed by atoms with Crippen LogP contribution in [0.15, 0.2) is 77.9 Å². The number of nitrogens with zero attached hydrogens (tertiary/aromatic N) is 3. The minimum Gasteiger partial charge on any atom is -0.457 e. The fourth-order valence-electron chi connectivity index (χ4n) is 4.34. The minimum absolute atomic E-state index is 0.0712. The average Bonchev–Trinajstić information content (AvgIpc) is 3.44. The van der Waals surface area contributed by atoms with Crippen LogP contribution in [0.1, 0.15) is 27.2 Å². The van der Waals surface area contributed by atoms with Crippen molar-refractivity contribution < 1.29 is 22.7 Å². The lowest BCUT2D eigenvalue weighted by atomic mass is 10.0. The fraction of sp³-hybridized carbons (Fsp3) is 0.207. The molecule has 1 aliphatic heterocycles. The summed E-state index contributed by atoms with van der Waals surface area (Å²) in [5.41, 5.74) is 0.430. The molecule has 0 aliphatic carbocycles. The first-order chi connectivity index (χ1) is 18.7. The molecule has 0 spiro atoms. The highest BCUT2D eigenvalue weighted by Gasteiger charge is 2.33. The standard InChI is InChI=1S/C29H26F3N5O2/c1-37(2)17-20-5-7-22(15-25(20)29(30,31)32)36-28(38)19-4-3-18-6-8-23(14-21(18)13-19)39-24-9-10-33-26(16-24)27-34-11-12-35-27/h3-10,13-16H,11-12,17H2,1-2H3,(H,34,35)(H,36,38). The number of aromatic nitrogens is 1. The monoisotopic (exact) mass is 533 g/mol. The van der Waals surface area contributed by atoms with Crippen LogP contribution in [-0.4, -0.2) is 48.8 Å². The largest absolute Gasteiger partial charge is 0.457 e. The number of anilines is 1. The molecule has 0 bridgehead atoms. The Morgan fingerprint density at radius 1 is 1.00 bits per heavy atom. The zero-order valence-corrected chi connectivity index (χ0v) is 21.3. The molecule has 1 aromatic heterocycles. The van der Waals surface area contributed by atoms with Gasteiger partial charge in [0.05, 0.1) is 12.1 Å². The van der Waals surface area contributed by atoms with Gasteiger partial charge in [0, 0.05) is 36.6 Å². The van der Waals surface area contributed by atoms with E-state index in [9.17, 15) is 18.0 Å². The number of carbonyl (C=O) groups excluding carboxylic acids is 1. The van der Waals surface area contributed by atoms with Crippen LogP contribution in [0.4, 0.5) is 18.9 Å². The normalized spacial score (nSPS) is 13.3. The minimum atomic E-state index is -4.54. The second-order valence-corrected chi connectivity index (χ2v) is 9.42. The third-order valence-electron chi connectivity index (χ3n) is 6.12. The van der Waals surface area contributed by atoms with Gasteiger partial charge in [-0.1, -0.05) is 18.2 Å². The summed E-state index contributed by atoms with van der Waals surface area (Å²) in [6.07, 6.45) is -2.89. The fourth-order valence-corrected chi connectivity index (χ4v) is 4.34. The molecule has 7 nitrogen and oxygen atoms in total. The molecule has 0 saturated heterocycles. The van der Waals surface area contributed by atoms with E-state index in [4.69, 9.17) is 4.74 Å². The molecule has 0 radical (unpaired) electrons. The first-order valence-electron chi connectivity index (χ1n) is 12.3. The first kappa shape index (κ1) is 26.2. The van der Waals surface area contributed by atoms with Gasteiger partial charge in [0.15, 0.2) is 0 Å². The van der Waals surface area contributed by atoms with Crippen LogP contribution < -0.4 is 15.4 Å². The van der Waals surface area contributed by atoms with Gasteiger partial charge in [-0.05, 0) is 72.9 Å². The maximum atomic E-state index is 13.7. The molecule has 0 saturated carbocycles. The summed E-state index contributed by atoms with van der Waals surface area (Å²) in [4.78, 5) is 23.3. The molecular formula is C29H26F3N5O2. The van der Waals surface area contributed by atoms with Gasteiger partial charge in [-0.2, -0.15) is 13.2 Å². The highest BCUT2D eigenvalue weighted by Crippen LogP contribution is 2.34. The molecule has 1 amide bonds. The molecule has 0 unspecified atom stereocenters. The number of rotatable bonds is 7. The maximum absolute atomic E-state index is 13.7. The van der Waals surface area contributed by atoms with Crippen LogP contribution in [0.2, 0.25) is 0 Å². The number of halogens is 3. The van der Waals surface area contributed by atoms with E-state index in [0.717, 1.165) is 29.2 Å². The van der Waals surface area contributed by atoms with E-state index in [1.54, 1.807) is 61.6 Å². The molecule has 200 valence electrons. The van der Waals surface area contributed by atoms with Crippen molar-refractivity contribution in [1.82, 2.24) is 15.2 Å². The van der Waals surface area contributed by atoms with Crippen molar-refractivity contribution in [1.29, 1.82) is 0 Å². The summed E-state index contributed by atoms with van der Waals surface area (Å²) in [5.74, 6) is 1.36. The molecule has 0 atom stereocenters. The van der Waals surface area contributed by atoms with Gasteiger partial charge in [0.1, 0.15) is 23.0 Å². The lowest BCUT2D eigenvalue weighted by molar-refractivity contribution is -0.138. The van der Waals surface area contributed by atoms with Gasteiger partial charge < -0.3 is 20.3 Å². The molecule has 2 heterocycles. The van der Waals surface area contributed by atoms with Gasteiger partial charge >= 0.3 is 6.18 Å². The Morgan fingerprint density at radius 2 is 1.79 bits per heavy atom. The number of nitrogens with one attached hydrogen (secondary N) is 2. The van der Waals surface area contributed by atoms with Crippen LogP contribution in [0, 0.1) is 0 Å². The summed E-state index contributed by atoms with van der Waals surface area (Å²) < 4.78 is 47.0. The number of amides is 1. The average molecular weight is 534 g/mol. The van der Waals surface area contributed by atoms with Crippen molar-refractivity contribution in [2.45, 2.75) is 12.7 Å². The Bertz CT molecular complexity index is 1570. The van der Waals surface area contributed by atoms with Crippen molar-refractivity contribution in [3.05, 3.63) is 95.3 Å². The van der Waals surface area contributed by atoms with Gasteiger partial charge in [0.25, 0.3) is 5.91 Å². The van der Waals surface area contributed by atoms with E-state index >= 15 is 0 Å². The van der Waals surface area contributed by atoms with Crippen molar-refractivity contribution in [3.63, 3.8) is 0 Å². The molecule has 10 heteroatoms. The van der Waals surface area contributed by atoms with E-state index in [1.165, 1.54) is 12.1 Å². The Hall–Kier alpha value is -4.44. The van der Waals surface area contributed by atoms with Crippen LogP contribution in [0.5, 0.6) is 11.5 Å². The lowest BCUT2D eigenvalue weighted by Gasteiger charge is -2.18. The number of hydrogen-bond acceptors (Lipinski definition) is 6. The molecular weight excluding hydrogens is 507 g/mol. The van der Waals surface area contributed by atoms with Crippen LogP contribution in [-0.2, 0) is 12.7 Å². The highest BCUT2D eigenvalue weighted by molar-refractivity contribution is 6.06. The van der Waals surface area contributed by atoms with E-state index < -0.39 is 17.6 Å². The van der Waals surface area contributed by atoms with Crippen molar-refractivity contribution in [3.8, 4) is 11.5 Å². The Morgan fingerprint density at radius 3 is 2.54 bits per heavy atom. The number of fused-ring (bicyclic) bond motifs is 1. The second kappa shape index (κ2) is 10.7. The molecule has 2 N–H and O–H groups in total. The summed E-state index contributed by atoms with van der Waals surface area (Å²) in [7, 11) is 3.40. The summed E-state index contributed by atoms with van der Waals surface area (Å²) in [5, 5.41) is 7.40. The number of amidine groups is 1. The third-order valence-corrected chi connectivity index (χ3v) is 6.12. The van der Waals surface area contributed by atoms with E-state index in [1.807, 2.05) is 12.1 Å². The third kappa shape index (κ3) is 6.18. The lowest BCUT2D eigenvalue weighted by Crippen LogP contribution is -2.20. The Labute approximate surface area is 223 Å². The Kier molecular flexibility index (Phi) is 7.21. The quantitative estimate of drug-likeness (QED) is 0.318. The van der Waals surface area contributed by atoms with E-state index in [0.29, 0.717) is 29.3 Å².